The van der Waals surface area contributed by atoms with Gasteiger partial charge in [0, 0.05) is 24.2 Å². The predicted molar refractivity (Wildman–Crippen MR) is 77.8 cm³/mol. The number of ether oxygens (including phenoxy) is 1. The molecule has 0 aromatic heterocycles. The van der Waals surface area contributed by atoms with E-state index in [1.165, 1.54) is 19.6 Å². The Bertz CT molecular complexity index is 423. The summed E-state index contributed by atoms with van der Waals surface area (Å²) in [5.41, 5.74) is 0. The fourth-order valence-corrected chi connectivity index (χ4v) is 3.49. The number of halogens is 1. The number of hydrogen-bond donors (Lipinski definition) is 1. The number of benzene rings is 1. The molecule has 1 N–H and O–H groups in total. The van der Waals surface area contributed by atoms with Crippen LogP contribution in [-0.4, -0.2) is 43.7 Å². The first-order valence-corrected chi connectivity index (χ1v) is 7.45. The van der Waals surface area contributed by atoms with Gasteiger partial charge in [0.2, 0.25) is 0 Å². The zero-order chi connectivity index (χ0) is 13.2. The summed E-state index contributed by atoms with van der Waals surface area (Å²) in [5.74, 6) is 2.57. The van der Waals surface area contributed by atoms with Crippen LogP contribution in [0.2, 0.25) is 5.02 Å². The molecule has 3 unspecified atom stereocenters. The van der Waals surface area contributed by atoms with Gasteiger partial charge in [-0.15, -0.1) is 0 Å². The van der Waals surface area contributed by atoms with Gasteiger partial charge in [-0.1, -0.05) is 11.6 Å². The third kappa shape index (κ3) is 2.88. The van der Waals surface area contributed by atoms with Gasteiger partial charge in [-0.25, -0.2) is 0 Å². The minimum atomic E-state index is 0.675. The Balaban J connectivity index is 1.46. The highest BCUT2D eigenvalue weighted by atomic mass is 35.5. The van der Waals surface area contributed by atoms with Crippen molar-refractivity contribution in [1.82, 2.24) is 10.2 Å². The summed E-state index contributed by atoms with van der Waals surface area (Å²) in [6.45, 7) is 7.68. The molecular formula is C15H21ClN2O. The molecule has 1 aromatic carbocycles. The van der Waals surface area contributed by atoms with Gasteiger partial charge in [0.05, 0.1) is 0 Å². The largest absolute Gasteiger partial charge is 0.492 e. The summed E-state index contributed by atoms with van der Waals surface area (Å²) in [5, 5.41) is 4.24. The lowest BCUT2D eigenvalue weighted by Crippen LogP contribution is -2.36. The first-order valence-electron chi connectivity index (χ1n) is 7.07. The molecule has 2 heterocycles. The van der Waals surface area contributed by atoms with Crippen molar-refractivity contribution in [3.63, 3.8) is 0 Å². The maximum Gasteiger partial charge on any atom is 0.119 e. The Morgan fingerprint density at radius 3 is 2.84 bits per heavy atom. The SMILES string of the molecule is CC1C2CNCC2CN1CCOc1ccc(Cl)cc1. The number of nitrogens with zero attached hydrogens (tertiary/aromatic N) is 1. The third-order valence-corrected chi connectivity index (χ3v) is 4.77. The van der Waals surface area contributed by atoms with E-state index in [1.807, 2.05) is 24.3 Å². The third-order valence-electron chi connectivity index (χ3n) is 4.52. The van der Waals surface area contributed by atoms with Crippen molar-refractivity contribution >= 4 is 11.6 Å². The number of likely N-dealkylation sites (tertiary alicyclic amines) is 1. The van der Waals surface area contributed by atoms with Crippen LogP contribution in [-0.2, 0) is 0 Å². The van der Waals surface area contributed by atoms with Crippen LogP contribution < -0.4 is 10.1 Å². The molecule has 0 bridgehead atoms. The first-order chi connectivity index (χ1) is 9.24. The molecule has 3 nitrogen and oxygen atoms in total. The highest BCUT2D eigenvalue weighted by Crippen LogP contribution is 2.31. The Hall–Kier alpha value is -0.770. The molecule has 2 aliphatic rings. The second-order valence-corrected chi connectivity index (χ2v) is 6.06. The van der Waals surface area contributed by atoms with Gasteiger partial charge in [0.25, 0.3) is 0 Å². The molecule has 2 saturated heterocycles. The minimum Gasteiger partial charge on any atom is -0.492 e. The second kappa shape index (κ2) is 5.70. The quantitative estimate of drug-likeness (QED) is 0.916. The second-order valence-electron chi connectivity index (χ2n) is 5.62. The van der Waals surface area contributed by atoms with Crippen LogP contribution in [0.3, 0.4) is 0 Å². The van der Waals surface area contributed by atoms with Crippen LogP contribution in [0.1, 0.15) is 6.92 Å². The molecule has 4 heteroatoms. The average Bonchev–Trinajstić information content (AvgIpc) is 2.97. The van der Waals surface area contributed by atoms with Crippen molar-refractivity contribution in [3.05, 3.63) is 29.3 Å². The molecule has 0 amide bonds. The van der Waals surface area contributed by atoms with Gasteiger partial charge in [-0.3, -0.25) is 4.90 Å². The van der Waals surface area contributed by atoms with Crippen LogP contribution in [0.4, 0.5) is 0 Å². The molecular weight excluding hydrogens is 260 g/mol. The highest BCUT2D eigenvalue weighted by Gasteiger charge is 2.41. The normalized spacial score (nSPS) is 30.5. The minimum absolute atomic E-state index is 0.675. The smallest absolute Gasteiger partial charge is 0.119 e. The lowest BCUT2D eigenvalue weighted by molar-refractivity contribution is 0.189. The lowest BCUT2D eigenvalue weighted by atomic mass is 9.95. The van der Waals surface area contributed by atoms with E-state index in [2.05, 4.69) is 17.1 Å². The maximum atomic E-state index is 5.85. The van der Waals surface area contributed by atoms with E-state index in [9.17, 15) is 0 Å². The Kier molecular flexibility index (Phi) is 3.96. The highest BCUT2D eigenvalue weighted by molar-refractivity contribution is 6.30. The Labute approximate surface area is 119 Å². The van der Waals surface area contributed by atoms with Gasteiger partial charge >= 0.3 is 0 Å². The van der Waals surface area contributed by atoms with E-state index in [0.29, 0.717) is 6.04 Å². The maximum absolute atomic E-state index is 5.85. The number of hydrogen-bond acceptors (Lipinski definition) is 3. The van der Waals surface area contributed by atoms with Crippen molar-refractivity contribution in [2.75, 3.05) is 32.8 Å². The number of fused-ring (bicyclic) bond motifs is 1. The predicted octanol–water partition coefficient (Wildman–Crippen LogP) is 2.26. The van der Waals surface area contributed by atoms with E-state index in [0.717, 1.165) is 35.8 Å². The van der Waals surface area contributed by atoms with Crippen molar-refractivity contribution in [2.24, 2.45) is 11.8 Å². The summed E-state index contributed by atoms with van der Waals surface area (Å²) in [6.07, 6.45) is 0. The van der Waals surface area contributed by atoms with E-state index in [1.54, 1.807) is 0 Å². The Morgan fingerprint density at radius 1 is 1.32 bits per heavy atom. The van der Waals surface area contributed by atoms with Gasteiger partial charge in [-0.05, 0) is 56.1 Å². The molecule has 3 rings (SSSR count). The molecule has 104 valence electrons. The average molecular weight is 281 g/mol. The zero-order valence-electron chi connectivity index (χ0n) is 11.3. The first kappa shape index (κ1) is 13.2. The molecule has 0 saturated carbocycles. The van der Waals surface area contributed by atoms with Crippen molar-refractivity contribution in [2.45, 2.75) is 13.0 Å². The van der Waals surface area contributed by atoms with Crippen LogP contribution >= 0.6 is 11.6 Å². The Morgan fingerprint density at radius 2 is 2.11 bits per heavy atom. The summed E-state index contributed by atoms with van der Waals surface area (Å²) in [7, 11) is 0. The molecule has 19 heavy (non-hydrogen) atoms. The standard InChI is InChI=1S/C15H21ClN2O/c1-11-15-9-17-8-12(15)10-18(11)6-7-19-14-4-2-13(16)3-5-14/h2-5,11-12,15,17H,6-10H2,1H3. The summed E-state index contributed by atoms with van der Waals surface area (Å²) < 4.78 is 5.78. The number of nitrogens with one attached hydrogen (secondary N) is 1. The van der Waals surface area contributed by atoms with Crippen molar-refractivity contribution in [1.29, 1.82) is 0 Å². The monoisotopic (exact) mass is 280 g/mol. The van der Waals surface area contributed by atoms with E-state index < -0.39 is 0 Å². The van der Waals surface area contributed by atoms with Crippen LogP contribution in [0.15, 0.2) is 24.3 Å². The molecule has 0 spiro atoms. The van der Waals surface area contributed by atoms with E-state index in [4.69, 9.17) is 16.3 Å². The molecule has 0 radical (unpaired) electrons. The van der Waals surface area contributed by atoms with Crippen molar-refractivity contribution < 1.29 is 4.74 Å². The van der Waals surface area contributed by atoms with Gasteiger partial charge in [0.15, 0.2) is 0 Å². The topological polar surface area (TPSA) is 24.5 Å². The molecule has 2 fully saturated rings. The fraction of sp³-hybridized carbons (Fsp3) is 0.600. The molecule has 1 aromatic rings. The van der Waals surface area contributed by atoms with E-state index in [-0.39, 0.29) is 0 Å². The van der Waals surface area contributed by atoms with Gasteiger partial charge < -0.3 is 10.1 Å². The molecule has 3 atom stereocenters. The fourth-order valence-electron chi connectivity index (χ4n) is 3.36. The van der Waals surface area contributed by atoms with Crippen LogP contribution in [0.25, 0.3) is 0 Å². The van der Waals surface area contributed by atoms with Crippen LogP contribution in [0.5, 0.6) is 5.75 Å². The zero-order valence-corrected chi connectivity index (χ0v) is 12.1. The van der Waals surface area contributed by atoms with Crippen molar-refractivity contribution in [3.8, 4) is 5.75 Å². The summed E-state index contributed by atoms with van der Waals surface area (Å²) in [4.78, 5) is 2.56. The van der Waals surface area contributed by atoms with Crippen LogP contribution in [0, 0.1) is 11.8 Å². The summed E-state index contributed by atoms with van der Waals surface area (Å²) in [6, 6.07) is 8.26. The van der Waals surface area contributed by atoms with E-state index >= 15 is 0 Å². The molecule has 0 aliphatic carbocycles. The van der Waals surface area contributed by atoms with Gasteiger partial charge in [-0.2, -0.15) is 0 Å². The molecule has 2 aliphatic heterocycles. The summed E-state index contributed by atoms with van der Waals surface area (Å²) >= 11 is 5.85. The number of rotatable bonds is 4. The van der Waals surface area contributed by atoms with Gasteiger partial charge in [0.1, 0.15) is 12.4 Å². The lowest BCUT2D eigenvalue weighted by Gasteiger charge is -2.24.